The number of aliphatic hydroxyl groups excluding tert-OH is 1. The standard InChI is InChI=1S/C11H18N4O2/c16-8-10-13-12-9-15(10)7-4-11(17)14-5-2-1-3-6-14/h9,16H,1-8H2. The molecule has 1 amide bonds. The molecule has 6 nitrogen and oxygen atoms in total. The Morgan fingerprint density at radius 2 is 2.12 bits per heavy atom. The maximum absolute atomic E-state index is 11.9. The Kier molecular flexibility index (Phi) is 4.08. The van der Waals surface area contributed by atoms with Gasteiger partial charge in [-0.05, 0) is 19.3 Å². The fourth-order valence-corrected chi connectivity index (χ4v) is 2.11. The van der Waals surface area contributed by atoms with Gasteiger partial charge in [0, 0.05) is 26.1 Å². The molecule has 1 aromatic heterocycles. The van der Waals surface area contributed by atoms with Gasteiger partial charge in [-0.25, -0.2) is 0 Å². The Hall–Kier alpha value is -1.43. The summed E-state index contributed by atoms with van der Waals surface area (Å²) in [6.07, 6.45) is 5.45. The molecule has 0 aromatic carbocycles. The van der Waals surface area contributed by atoms with Crippen molar-refractivity contribution in [3.05, 3.63) is 12.2 Å². The Morgan fingerprint density at radius 3 is 2.82 bits per heavy atom. The molecule has 0 radical (unpaired) electrons. The summed E-state index contributed by atoms with van der Waals surface area (Å²) in [5.41, 5.74) is 0. The molecule has 1 N–H and O–H groups in total. The van der Waals surface area contributed by atoms with Crippen LogP contribution in [0.15, 0.2) is 6.33 Å². The molecule has 2 rings (SSSR count). The summed E-state index contributed by atoms with van der Waals surface area (Å²) in [5, 5.41) is 16.5. The van der Waals surface area contributed by atoms with E-state index < -0.39 is 0 Å². The van der Waals surface area contributed by atoms with Crippen molar-refractivity contribution < 1.29 is 9.90 Å². The summed E-state index contributed by atoms with van der Waals surface area (Å²) < 4.78 is 1.72. The first kappa shape index (κ1) is 12.0. The van der Waals surface area contributed by atoms with Gasteiger partial charge in [0.2, 0.25) is 5.91 Å². The number of amides is 1. The lowest BCUT2D eigenvalue weighted by Gasteiger charge is -2.26. The molecule has 0 bridgehead atoms. The summed E-state index contributed by atoms with van der Waals surface area (Å²) in [6.45, 7) is 2.16. The number of piperidine rings is 1. The molecule has 6 heteroatoms. The highest BCUT2D eigenvalue weighted by Crippen LogP contribution is 2.10. The largest absolute Gasteiger partial charge is 0.388 e. The van der Waals surface area contributed by atoms with Gasteiger partial charge >= 0.3 is 0 Å². The Balaban J connectivity index is 1.83. The number of carbonyl (C=O) groups is 1. The first-order valence-corrected chi connectivity index (χ1v) is 6.06. The molecule has 94 valence electrons. The second-order valence-corrected chi connectivity index (χ2v) is 4.29. The second-order valence-electron chi connectivity index (χ2n) is 4.29. The third kappa shape index (κ3) is 3.03. The third-order valence-corrected chi connectivity index (χ3v) is 3.11. The minimum absolute atomic E-state index is 0.141. The zero-order valence-electron chi connectivity index (χ0n) is 9.88. The lowest BCUT2D eigenvalue weighted by molar-refractivity contribution is -0.132. The molecule has 0 aliphatic carbocycles. The first-order chi connectivity index (χ1) is 8.31. The molecule has 0 unspecified atom stereocenters. The third-order valence-electron chi connectivity index (χ3n) is 3.11. The number of hydrogen-bond acceptors (Lipinski definition) is 4. The van der Waals surface area contributed by atoms with Gasteiger partial charge in [-0.3, -0.25) is 4.79 Å². The molecule has 1 aliphatic rings. The zero-order valence-corrected chi connectivity index (χ0v) is 9.88. The number of hydrogen-bond donors (Lipinski definition) is 1. The van der Waals surface area contributed by atoms with Crippen molar-refractivity contribution in [3.63, 3.8) is 0 Å². The highest BCUT2D eigenvalue weighted by Gasteiger charge is 2.16. The number of carbonyl (C=O) groups excluding carboxylic acids is 1. The summed E-state index contributed by atoms with van der Waals surface area (Å²) in [6, 6.07) is 0. The van der Waals surface area contributed by atoms with E-state index in [9.17, 15) is 4.79 Å². The van der Waals surface area contributed by atoms with Crippen LogP contribution in [0.25, 0.3) is 0 Å². The minimum Gasteiger partial charge on any atom is -0.388 e. The first-order valence-electron chi connectivity index (χ1n) is 6.06. The lowest BCUT2D eigenvalue weighted by atomic mass is 10.1. The molecule has 1 saturated heterocycles. The van der Waals surface area contributed by atoms with Gasteiger partial charge in [0.1, 0.15) is 12.9 Å². The highest BCUT2D eigenvalue weighted by molar-refractivity contribution is 5.76. The molecule has 1 fully saturated rings. The fraction of sp³-hybridized carbons (Fsp3) is 0.727. The maximum atomic E-state index is 11.9. The average Bonchev–Trinajstić information content (AvgIpc) is 2.84. The minimum atomic E-state index is -0.141. The van der Waals surface area contributed by atoms with Crippen LogP contribution in [0.3, 0.4) is 0 Å². The van der Waals surface area contributed by atoms with E-state index >= 15 is 0 Å². The number of aliphatic hydroxyl groups is 1. The molecule has 1 aliphatic heterocycles. The van der Waals surface area contributed by atoms with Gasteiger partial charge in [-0.2, -0.15) is 0 Å². The Labute approximate surface area is 100 Å². The van der Waals surface area contributed by atoms with Crippen molar-refractivity contribution >= 4 is 5.91 Å². The summed E-state index contributed by atoms with van der Waals surface area (Å²) in [4.78, 5) is 13.8. The predicted molar refractivity (Wildman–Crippen MR) is 61.0 cm³/mol. The molecule has 0 spiro atoms. The van der Waals surface area contributed by atoms with E-state index in [-0.39, 0.29) is 12.5 Å². The van der Waals surface area contributed by atoms with Crippen LogP contribution < -0.4 is 0 Å². The van der Waals surface area contributed by atoms with Crippen LogP contribution >= 0.6 is 0 Å². The van der Waals surface area contributed by atoms with Crippen LogP contribution in [0, 0.1) is 0 Å². The second kappa shape index (κ2) is 5.77. The van der Waals surface area contributed by atoms with E-state index in [2.05, 4.69) is 10.2 Å². The SMILES string of the molecule is O=C(CCn1cnnc1CO)N1CCCCC1. The van der Waals surface area contributed by atoms with E-state index in [4.69, 9.17) is 5.11 Å². The van der Waals surface area contributed by atoms with E-state index in [1.807, 2.05) is 4.90 Å². The number of likely N-dealkylation sites (tertiary alicyclic amines) is 1. The zero-order chi connectivity index (χ0) is 12.1. The quantitative estimate of drug-likeness (QED) is 0.812. The topological polar surface area (TPSA) is 71.2 Å². The van der Waals surface area contributed by atoms with E-state index in [0.29, 0.717) is 18.8 Å². The van der Waals surface area contributed by atoms with Crippen molar-refractivity contribution in [3.8, 4) is 0 Å². The van der Waals surface area contributed by atoms with Crippen LogP contribution in [0.5, 0.6) is 0 Å². The molecule has 0 atom stereocenters. The van der Waals surface area contributed by atoms with E-state index in [0.717, 1.165) is 25.9 Å². The van der Waals surface area contributed by atoms with Crippen LogP contribution in [0.1, 0.15) is 31.5 Å². The van der Waals surface area contributed by atoms with Crippen molar-refractivity contribution in [2.45, 2.75) is 38.8 Å². The van der Waals surface area contributed by atoms with E-state index in [1.54, 1.807) is 10.9 Å². The van der Waals surface area contributed by atoms with Crippen molar-refractivity contribution in [2.24, 2.45) is 0 Å². The highest BCUT2D eigenvalue weighted by atomic mass is 16.3. The average molecular weight is 238 g/mol. The molecule has 1 aromatic rings. The number of rotatable bonds is 4. The molecule has 2 heterocycles. The van der Waals surface area contributed by atoms with Gasteiger partial charge in [-0.1, -0.05) is 0 Å². The van der Waals surface area contributed by atoms with Crippen molar-refractivity contribution in [1.29, 1.82) is 0 Å². The smallest absolute Gasteiger partial charge is 0.224 e. The van der Waals surface area contributed by atoms with Gasteiger partial charge in [0.05, 0.1) is 0 Å². The van der Waals surface area contributed by atoms with Gasteiger partial charge in [0.25, 0.3) is 0 Å². The molecular weight excluding hydrogens is 220 g/mol. The monoisotopic (exact) mass is 238 g/mol. The number of nitrogens with zero attached hydrogens (tertiary/aromatic N) is 4. The fourth-order valence-electron chi connectivity index (χ4n) is 2.11. The predicted octanol–water partition coefficient (Wildman–Crippen LogP) is 0.173. The summed E-state index contributed by atoms with van der Waals surface area (Å²) in [5.74, 6) is 0.693. The number of aromatic nitrogens is 3. The molecule has 0 saturated carbocycles. The van der Waals surface area contributed by atoms with Gasteiger partial charge in [0.15, 0.2) is 5.82 Å². The van der Waals surface area contributed by atoms with E-state index in [1.165, 1.54) is 6.42 Å². The van der Waals surface area contributed by atoms with Crippen molar-refractivity contribution in [1.82, 2.24) is 19.7 Å². The van der Waals surface area contributed by atoms with Crippen LogP contribution in [0.2, 0.25) is 0 Å². The van der Waals surface area contributed by atoms with Crippen molar-refractivity contribution in [2.75, 3.05) is 13.1 Å². The van der Waals surface area contributed by atoms with Gasteiger partial charge in [-0.15, -0.1) is 10.2 Å². The normalized spacial score (nSPS) is 16.2. The molecule has 17 heavy (non-hydrogen) atoms. The Morgan fingerprint density at radius 1 is 1.35 bits per heavy atom. The molecular formula is C11H18N4O2. The Bertz CT molecular complexity index is 371. The maximum Gasteiger partial charge on any atom is 0.224 e. The number of aryl methyl sites for hydroxylation is 1. The van der Waals surface area contributed by atoms with Crippen LogP contribution in [-0.2, 0) is 17.9 Å². The van der Waals surface area contributed by atoms with Gasteiger partial charge < -0.3 is 14.6 Å². The van der Waals surface area contributed by atoms with Crippen LogP contribution in [-0.4, -0.2) is 43.8 Å². The summed E-state index contributed by atoms with van der Waals surface area (Å²) >= 11 is 0. The van der Waals surface area contributed by atoms with Crippen LogP contribution in [0.4, 0.5) is 0 Å². The summed E-state index contributed by atoms with van der Waals surface area (Å²) in [7, 11) is 0. The lowest BCUT2D eigenvalue weighted by Crippen LogP contribution is -2.36.